The lowest BCUT2D eigenvalue weighted by molar-refractivity contribution is -0.124. The smallest absolute Gasteiger partial charge is 0.237 e. The molecule has 6 rings (SSSR count). The van der Waals surface area contributed by atoms with Crippen LogP contribution in [0.4, 0.5) is 0 Å². The van der Waals surface area contributed by atoms with Crippen molar-refractivity contribution in [1.82, 2.24) is 41.2 Å². The van der Waals surface area contributed by atoms with Crippen molar-refractivity contribution in [2.75, 3.05) is 40.4 Å². The Morgan fingerprint density at radius 3 is 1.52 bits per heavy atom. The second-order valence-electron chi connectivity index (χ2n) is 12.4. The highest BCUT2D eigenvalue weighted by Crippen LogP contribution is 2.42. The summed E-state index contributed by atoms with van der Waals surface area (Å²) in [5.74, 6) is 1.54. The van der Waals surface area contributed by atoms with Gasteiger partial charge in [0.25, 0.3) is 0 Å². The van der Waals surface area contributed by atoms with E-state index in [-0.39, 0.29) is 23.7 Å². The second-order valence-corrected chi connectivity index (χ2v) is 13.2. The van der Waals surface area contributed by atoms with Gasteiger partial charge in [-0.2, -0.15) is 0 Å². The van der Waals surface area contributed by atoms with E-state index in [4.69, 9.17) is 42.6 Å². The third-order valence-electron chi connectivity index (χ3n) is 9.00. The molecular formula is C36H40Cl2N8O4. The van der Waals surface area contributed by atoms with E-state index in [0.717, 1.165) is 24.0 Å². The number of amides is 2. The molecule has 12 nitrogen and oxygen atoms in total. The Morgan fingerprint density at radius 2 is 1.12 bits per heavy atom. The summed E-state index contributed by atoms with van der Waals surface area (Å²) < 4.78 is 11.2. The maximum Gasteiger partial charge on any atom is 0.237 e. The summed E-state index contributed by atoms with van der Waals surface area (Å²) in [6.07, 6.45) is 6.29. The van der Waals surface area contributed by atoms with Crippen molar-refractivity contribution in [3.8, 4) is 45.4 Å². The minimum absolute atomic E-state index is 0.0907. The Hall–Kier alpha value is -4.36. The summed E-state index contributed by atoms with van der Waals surface area (Å²) in [5.41, 5.74) is 5.23. The Balaban J connectivity index is 1.18. The van der Waals surface area contributed by atoms with Gasteiger partial charge in [0.1, 0.15) is 11.4 Å². The van der Waals surface area contributed by atoms with Gasteiger partial charge in [-0.1, -0.05) is 59.6 Å². The van der Waals surface area contributed by atoms with Gasteiger partial charge in [0.15, 0.2) is 0 Å². The van der Waals surface area contributed by atoms with Crippen molar-refractivity contribution < 1.29 is 19.1 Å². The summed E-state index contributed by atoms with van der Waals surface area (Å²) in [4.78, 5) is 42.2. The number of carbonyl (C=O) groups is 2. The van der Waals surface area contributed by atoms with Crippen LogP contribution in [0.15, 0.2) is 48.8 Å². The fourth-order valence-corrected chi connectivity index (χ4v) is 6.99. The van der Waals surface area contributed by atoms with Crippen LogP contribution >= 0.6 is 23.2 Å². The molecule has 2 unspecified atom stereocenters. The molecule has 262 valence electrons. The van der Waals surface area contributed by atoms with Crippen LogP contribution in [0.2, 0.25) is 10.0 Å². The van der Waals surface area contributed by atoms with E-state index in [1.54, 1.807) is 26.6 Å². The Bertz CT molecular complexity index is 1730. The number of halogens is 2. The number of benzene rings is 2. The minimum atomic E-state index is 0.0907. The largest absolute Gasteiger partial charge is 0.480 e. The molecule has 2 fully saturated rings. The molecule has 14 heteroatoms. The van der Waals surface area contributed by atoms with Gasteiger partial charge >= 0.3 is 0 Å². The number of hydrogen-bond donors (Lipinski definition) is 4. The molecule has 0 spiro atoms. The molecule has 2 amide bonds. The van der Waals surface area contributed by atoms with Gasteiger partial charge in [0.2, 0.25) is 23.6 Å². The van der Waals surface area contributed by atoms with Crippen molar-refractivity contribution in [2.24, 2.45) is 11.8 Å². The van der Waals surface area contributed by atoms with E-state index in [2.05, 4.69) is 31.2 Å². The Morgan fingerprint density at radius 1 is 0.700 bits per heavy atom. The van der Waals surface area contributed by atoms with E-state index >= 15 is 0 Å². The van der Waals surface area contributed by atoms with Crippen LogP contribution in [0, 0.1) is 11.8 Å². The van der Waals surface area contributed by atoms with Crippen molar-refractivity contribution in [1.29, 1.82) is 0 Å². The zero-order chi connectivity index (χ0) is 35.0. The molecule has 2 aliphatic heterocycles. The summed E-state index contributed by atoms with van der Waals surface area (Å²) in [6, 6.07) is 11.4. The zero-order valence-electron chi connectivity index (χ0n) is 28.0. The van der Waals surface area contributed by atoms with E-state index in [0.29, 0.717) is 108 Å². The molecule has 2 atom stereocenters. The number of methoxy groups -OCH3 is 2. The van der Waals surface area contributed by atoms with Crippen LogP contribution in [0.5, 0.6) is 11.8 Å². The third-order valence-corrected chi connectivity index (χ3v) is 9.81. The van der Waals surface area contributed by atoms with Crippen LogP contribution in [-0.2, 0) is 22.7 Å². The molecule has 4 heterocycles. The summed E-state index contributed by atoms with van der Waals surface area (Å²) in [6.45, 7) is 3.73. The van der Waals surface area contributed by atoms with Gasteiger partial charge in [-0.05, 0) is 37.8 Å². The lowest BCUT2D eigenvalue weighted by Gasteiger charge is -2.22. The highest BCUT2D eigenvalue weighted by molar-refractivity contribution is 6.39. The van der Waals surface area contributed by atoms with Crippen molar-refractivity contribution in [2.45, 2.75) is 38.8 Å². The highest BCUT2D eigenvalue weighted by Gasteiger charge is 2.22. The van der Waals surface area contributed by atoms with E-state index in [1.165, 1.54) is 0 Å². The predicted molar refractivity (Wildman–Crippen MR) is 192 cm³/mol. The number of piperidine rings is 2. The third kappa shape index (κ3) is 8.32. The van der Waals surface area contributed by atoms with E-state index in [9.17, 15) is 9.59 Å². The first-order chi connectivity index (χ1) is 24.3. The second kappa shape index (κ2) is 16.6. The zero-order valence-corrected chi connectivity index (χ0v) is 29.5. The van der Waals surface area contributed by atoms with Crippen LogP contribution in [0.3, 0.4) is 0 Å². The van der Waals surface area contributed by atoms with Gasteiger partial charge in [-0.15, -0.1) is 0 Å². The molecule has 2 aromatic heterocycles. The van der Waals surface area contributed by atoms with Gasteiger partial charge < -0.3 is 30.7 Å². The number of nitrogens with one attached hydrogen (secondary N) is 4. The number of rotatable bonds is 13. The number of carbonyl (C=O) groups excluding carboxylic acids is 2. The number of hydrogen-bond acceptors (Lipinski definition) is 10. The molecule has 50 heavy (non-hydrogen) atoms. The molecule has 0 radical (unpaired) electrons. The van der Waals surface area contributed by atoms with Crippen LogP contribution in [-0.4, -0.2) is 72.1 Å². The van der Waals surface area contributed by atoms with Crippen molar-refractivity contribution >= 4 is 35.0 Å². The molecule has 0 aliphatic carbocycles. The van der Waals surface area contributed by atoms with E-state index in [1.807, 2.05) is 36.4 Å². The van der Waals surface area contributed by atoms with Crippen molar-refractivity contribution in [3.63, 3.8) is 0 Å². The molecule has 0 saturated carbocycles. The maximum atomic E-state index is 11.7. The summed E-state index contributed by atoms with van der Waals surface area (Å²) in [5, 5.41) is 13.4. The fraction of sp³-hybridized carbons (Fsp3) is 0.389. The highest BCUT2D eigenvalue weighted by atomic mass is 35.5. The molecular weight excluding hydrogens is 679 g/mol. The van der Waals surface area contributed by atoms with Crippen LogP contribution < -0.4 is 30.7 Å². The topological polar surface area (TPSA) is 152 Å². The number of nitrogens with zero attached hydrogens (tertiary/aromatic N) is 4. The molecule has 4 aromatic rings. The average Bonchev–Trinajstić information content (AvgIpc) is 3.12. The van der Waals surface area contributed by atoms with E-state index < -0.39 is 0 Å². The van der Waals surface area contributed by atoms with Crippen LogP contribution in [0.25, 0.3) is 33.6 Å². The van der Waals surface area contributed by atoms with Crippen LogP contribution in [0.1, 0.15) is 37.1 Å². The SMILES string of the molecule is COc1nc(-c2cccc(-c3cccc(-c4cnc(CNCC5CCNC(=O)C5)c(OC)n4)c3Cl)c2Cl)cnc1CNCC1CCNC(=O)C1. The Labute approximate surface area is 301 Å². The lowest BCUT2D eigenvalue weighted by atomic mass is 9.97. The molecule has 0 bridgehead atoms. The minimum Gasteiger partial charge on any atom is -0.480 e. The van der Waals surface area contributed by atoms with Crippen molar-refractivity contribution in [3.05, 3.63) is 70.2 Å². The maximum absolute atomic E-state index is 11.7. The average molecular weight is 720 g/mol. The lowest BCUT2D eigenvalue weighted by Crippen LogP contribution is -2.37. The number of aromatic nitrogens is 4. The predicted octanol–water partition coefficient (Wildman–Crippen LogP) is 4.82. The number of ether oxygens (including phenoxy) is 2. The molecule has 2 aliphatic rings. The standard InChI is InChI=1S/C36H40Cl2N8O4/c1-49-35-29(17-39-15-21-9-11-41-31(47)13-21)43-19-27(45-35)25-7-3-5-23(33(25)37)24-6-4-8-26(34(24)38)28-20-44-30(36(46-28)50-2)18-40-16-22-10-12-42-32(48)14-22/h3-8,19-22,39-40H,9-18H2,1-2H3,(H,41,47)(H,42,48). The molecule has 2 saturated heterocycles. The van der Waals surface area contributed by atoms with Gasteiger partial charge in [-0.25, -0.2) is 9.97 Å². The summed E-state index contributed by atoms with van der Waals surface area (Å²) >= 11 is 14.1. The first-order valence-corrected chi connectivity index (χ1v) is 17.4. The van der Waals surface area contributed by atoms with Gasteiger partial charge in [0.05, 0.1) is 48.0 Å². The van der Waals surface area contributed by atoms with Gasteiger partial charge in [0, 0.05) is 61.3 Å². The van der Waals surface area contributed by atoms with Gasteiger partial charge in [-0.3, -0.25) is 19.6 Å². The quantitative estimate of drug-likeness (QED) is 0.151. The summed E-state index contributed by atoms with van der Waals surface area (Å²) in [7, 11) is 3.12. The first kappa shape index (κ1) is 35.5. The monoisotopic (exact) mass is 718 g/mol. The fourth-order valence-electron chi connectivity index (χ4n) is 6.34. The normalized spacial score (nSPS) is 17.6. The molecule has 2 aromatic carbocycles. The molecule has 4 N–H and O–H groups in total. The first-order valence-electron chi connectivity index (χ1n) is 16.7. The Kier molecular flexibility index (Phi) is 11.7.